The van der Waals surface area contributed by atoms with Gasteiger partial charge < -0.3 is 15.2 Å². The molecule has 1 aromatic carbocycles. The molecule has 1 aliphatic heterocycles. The van der Waals surface area contributed by atoms with Crippen molar-refractivity contribution in [2.45, 2.75) is 38.5 Å². The summed E-state index contributed by atoms with van der Waals surface area (Å²) in [6.07, 6.45) is 1.76. The third kappa shape index (κ3) is 3.34. The number of piperidine rings is 1. The fourth-order valence-electron chi connectivity index (χ4n) is 3.36. The van der Waals surface area contributed by atoms with Gasteiger partial charge in [-0.25, -0.2) is 0 Å². The summed E-state index contributed by atoms with van der Waals surface area (Å²) in [5, 5.41) is 4.19. The van der Waals surface area contributed by atoms with E-state index in [4.69, 9.17) is 10.3 Å². The van der Waals surface area contributed by atoms with Crippen molar-refractivity contribution in [2.24, 2.45) is 0 Å². The molecule has 1 amide bonds. The fourth-order valence-corrected chi connectivity index (χ4v) is 3.76. The fraction of sp³-hybridized carbons (Fsp3) is 0.444. The second-order valence-electron chi connectivity index (χ2n) is 6.58. The van der Waals surface area contributed by atoms with E-state index in [0.29, 0.717) is 11.8 Å². The van der Waals surface area contributed by atoms with Crippen LogP contribution in [0.4, 0.5) is 5.88 Å². The van der Waals surface area contributed by atoms with Crippen LogP contribution in [0.25, 0.3) is 0 Å². The van der Waals surface area contributed by atoms with Gasteiger partial charge >= 0.3 is 0 Å². The summed E-state index contributed by atoms with van der Waals surface area (Å²) in [6.45, 7) is 5.64. The number of rotatable bonds is 3. The van der Waals surface area contributed by atoms with Crippen LogP contribution in [0.3, 0.4) is 0 Å². The minimum absolute atomic E-state index is 0.0819. The number of aromatic nitrogens is 1. The maximum atomic E-state index is 12.6. The Balaban J connectivity index is 1.69. The summed E-state index contributed by atoms with van der Waals surface area (Å²) in [5.41, 5.74) is 8.63. The van der Waals surface area contributed by atoms with Gasteiger partial charge in [0.2, 0.25) is 5.88 Å². The predicted octanol–water partition coefficient (Wildman–Crippen LogP) is 4.16. The Bertz CT molecular complexity index is 734. The van der Waals surface area contributed by atoms with Crippen LogP contribution in [0.15, 0.2) is 33.3 Å². The smallest absolute Gasteiger partial charge is 0.253 e. The zero-order valence-electron chi connectivity index (χ0n) is 14.0. The molecule has 6 heteroatoms. The first-order chi connectivity index (χ1) is 11.5. The van der Waals surface area contributed by atoms with Gasteiger partial charge in [-0.1, -0.05) is 41.0 Å². The summed E-state index contributed by atoms with van der Waals surface area (Å²) in [4.78, 5) is 14.5. The Hall–Kier alpha value is -1.82. The van der Waals surface area contributed by atoms with Gasteiger partial charge in [-0.15, -0.1) is 0 Å². The van der Waals surface area contributed by atoms with Gasteiger partial charge in [-0.3, -0.25) is 4.79 Å². The van der Waals surface area contributed by atoms with E-state index in [1.54, 1.807) is 0 Å². The first kappa shape index (κ1) is 17.0. The van der Waals surface area contributed by atoms with Crippen LogP contribution in [-0.4, -0.2) is 29.1 Å². The van der Waals surface area contributed by atoms with Gasteiger partial charge in [-0.05, 0) is 37.0 Å². The standard InChI is InChI=1S/C18H22BrN3O2/c1-11(2)15-16(21-24-17(15)20)12-6-8-22(9-7-12)18(23)13-4-3-5-14(19)10-13/h3-5,10-12H,6-9,20H2,1-2H3. The van der Waals surface area contributed by atoms with Gasteiger partial charge in [0.15, 0.2) is 0 Å². The summed E-state index contributed by atoms with van der Waals surface area (Å²) in [6, 6.07) is 7.53. The van der Waals surface area contributed by atoms with Crippen LogP contribution < -0.4 is 5.73 Å². The molecule has 0 spiro atoms. The van der Waals surface area contributed by atoms with E-state index < -0.39 is 0 Å². The Kier molecular flexibility index (Phi) is 4.94. The number of carbonyl (C=O) groups excluding carboxylic acids is 1. The molecule has 3 rings (SSSR count). The second kappa shape index (κ2) is 6.97. The lowest BCUT2D eigenvalue weighted by atomic mass is 9.88. The number of amides is 1. The lowest BCUT2D eigenvalue weighted by Crippen LogP contribution is -2.38. The molecule has 0 saturated carbocycles. The third-order valence-corrected chi connectivity index (χ3v) is 5.09. The number of nitrogens with two attached hydrogens (primary N) is 1. The van der Waals surface area contributed by atoms with Crippen LogP contribution in [0.1, 0.15) is 60.1 Å². The normalized spacial score (nSPS) is 15.9. The molecular formula is C18H22BrN3O2. The summed E-state index contributed by atoms with van der Waals surface area (Å²) < 4.78 is 6.13. The molecule has 0 unspecified atom stereocenters. The first-order valence-electron chi connectivity index (χ1n) is 8.27. The molecule has 1 aromatic heterocycles. The van der Waals surface area contributed by atoms with Crippen molar-refractivity contribution in [1.82, 2.24) is 10.1 Å². The molecule has 0 atom stereocenters. The van der Waals surface area contributed by atoms with E-state index in [0.717, 1.165) is 47.2 Å². The maximum absolute atomic E-state index is 12.6. The van der Waals surface area contributed by atoms with Crippen molar-refractivity contribution in [3.63, 3.8) is 0 Å². The number of likely N-dealkylation sites (tertiary alicyclic amines) is 1. The quantitative estimate of drug-likeness (QED) is 0.851. The molecule has 0 radical (unpaired) electrons. The molecule has 128 valence electrons. The number of nitrogens with zero attached hydrogens (tertiary/aromatic N) is 2. The maximum Gasteiger partial charge on any atom is 0.253 e. The van der Waals surface area contributed by atoms with Gasteiger partial charge in [0.25, 0.3) is 5.91 Å². The Morgan fingerprint density at radius 3 is 2.71 bits per heavy atom. The molecule has 24 heavy (non-hydrogen) atoms. The minimum atomic E-state index is 0.0819. The van der Waals surface area contributed by atoms with E-state index in [2.05, 4.69) is 34.9 Å². The van der Waals surface area contributed by atoms with Crippen LogP contribution in [0.5, 0.6) is 0 Å². The monoisotopic (exact) mass is 391 g/mol. The predicted molar refractivity (Wildman–Crippen MR) is 97.0 cm³/mol. The van der Waals surface area contributed by atoms with E-state index in [-0.39, 0.29) is 11.8 Å². The van der Waals surface area contributed by atoms with Crippen LogP contribution in [-0.2, 0) is 0 Å². The molecule has 1 fully saturated rings. The van der Waals surface area contributed by atoms with E-state index >= 15 is 0 Å². The van der Waals surface area contributed by atoms with E-state index in [1.807, 2.05) is 29.2 Å². The van der Waals surface area contributed by atoms with Gasteiger partial charge in [0.1, 0.15) is 0 Å². The topological polar surface area (TPSA) is 72.4 Å². The SMILES string of the molecule is CC(C)c1c(C2CCN(C(=O)c3cccc(Br)c3)CC2)noc1N. The average molecular weight is 392 g/mol. The Morgan fingerprint density at radius 1 is 1.38 bits per heavy atom. The molecule has 1 saturated heterocycles. The number of hydrogen-bond acceptors (Lipinski definition) is 4. The summed E-state index contributed by atoms with van der Waals surface area (Å²) in [7, 11) is 0. The average Bonchev–Trinajstić information content (AvgIpc) is 2.96. The number of carbonyl (C=O) groups is 1. The molecule has 0 bridgehead atoms. The minimum Gasteiger partial charge on any atom is -0.367 e. The van der Waals surface area contributed by atoms with Crippen molar-refractivity contribution >= 4 is 27.7 Å². The van der Waals surface area contributed by atoms with Gasteiger partial charge in [0.05, 0.1) is 5.69 Å². The second-order valence-corrected chi connectivity index (χ2v) is 7.49. The molecule has 2 aromatic rings. The van der Waals surface area contributed by atoms with Crippen LogP contribution in [0.2, 0.25) is 0 Å². The molecule has 2 heterocycles. The highest BCUT2D eigenvalue weighted by molar-refractivity contribution is 9.10. The zero-order valence-corrected chi connectivity index (χ0v) is 15.5. The van der Waals surface area contributed by atoms with Crippen molar-refractivity contribution in [3.05, 3.63) is 45.6 Å². The van der Waals surface area contributed by atoms with Crippen LogP contribution >= 0.6 is 15.9 Å². The number of anilines is 1. The highest BCUT2D eigenvalue weighted by Crippen LogP contribution is 2.36. The largest absolute Gasteiger partial charge is 0.367 e. The zero-order chi connectivity index (χ0) is 17.3. The van der Waals surface area contributed by atoms with Crippen molar-refractivity contribution in [3.8, 4) is 0 Å². The van der Waals surface area contributed by atoms with E-state index in [9.17, 15) is 4.79 Å². The number of benzene rings is 1. The van der Waals surface area contributed by atoms with Crippen LogP contribution in [0, 0.1) is 0 Å². The lowest BCUT2D eigenvalue weighted by molar-refractivity contribution is 0.0711. The third-order valence-electron chi connectivity index (χ3n) is 4.60. The molecule has 0 aliphatic carbocycles. The molecule has 1 aliphatic rings. The highest BCUT2D eigenvalue weighted by Gasteiger charge is 2.30. The highest BCUT2D eigenvalue weighted by atomic mass is 79.9. The van der Waals surface area contributed by atoms with Crippen molar-refractivity contribution in [1.29, 1.82) is 0 Å². The number of hydrogen-bond donors (Lipinski definition) is 1. The first-order valence-corrected chi connectivity index (χ1v) is 9.06. The summed E-state index contributed by atoms with van der Waals surface area (Å²) in [5.74, 6) is 1.09. The Morgan fingerprint density at radius 2 is 2.08 bits per heavy atom. The molecule has 5 nitrogen and oxygen atoms in total. The van der Waals surface area contributed by atoms with Crippen molar-refractivity contribution in [2.75, 3.05) is 18.8 Å². The van der Waals surface area contributed by atoms with Gasteiger partial charge in [0, 0.05) is 34.6 Å². The number of halogens is 1. The molecular weight excluding hydrogens is 370 g/mol. The van der Waals surface area contributed by atoms with E-state index in [1.165, 1.54) is 0 Å². The lowest BCUT2D eigenvalue weighted by Gasteiger charge is -2.31. The van der Waals surface area contributed by atoms with Gasteiger partial charge in [-0.2, -0.15) is 0 Å². The molecule has 2 N–H and O–H groups in total. The van der Waals surface area contributed by atoms with Crippen molar-refractivity contribution < 1.29 is 9.32 Å². The summed E-state index contributed by atoms with van der Waals surface area (Å²) >= 11 is 3.42. The Labute approximate surface area is 150 Å². The number of nitrogen functional groups attached to an aromatic ring is 1.